The minimum atomic E-state index is -0.330. The smallest absolute Gasteiger partial charge is 0.0403 e. The zero-order chi connectivity index (χ0) is 6.08. The van der Waals surface area contributed by atoms with Gasteiger partial charge in [0.15, 0.2) is 0 Å². The lowest BCUT2D eigenvalue weighted by Crippen LogP contribution is -2.31. The van der Waals surface area contributed by atoms with Crippen molar-refractivity contribution in [1.82, 2.24) is 0 Å². The summed E-state index contributed by atoms with van der Waals surface area (Å²) in [5.41, 5.74) is 5.17. The molecule has 0 aliphatic heterocycles. The maximum atomic E-state index is 5.50. The molecule has 2 heteroatoms. The molecule has 0 spiro atoms. The first kappa shape index (κ1) is 7.05. The average molecular weight is 117 g/mol. The summed E-state index contributed by atoms with van der Waals surface area (Å²) in [7, 11) is 0. The Morgan fingerprint density at radius 2 is 1.86 bits per heavy atom. The molecule has 0 aliphatic carbocycles. The van der Waals surface area contributed by atoms with Gasteiger partial charge in [0, 0.05) is 5.54 Å². The highest BCUT2D eigenvalue weighted by atomic mass is 32.1. The van der Waals surface area contributed by atoms with Crippen LogP contribution in [0.2, 0.25) is 0 Å². The number of hydrogen-bond acceptors (Lipinski definition) is 2. The van der Waals surface area contributed by atoms with E-state index in [0.717, 1.165) is 0 Å². The zero-order valence-electron chi connectivity index (χ0n) is 4.73. The number of hydrogen-bond donors (Lipinski definition) is 2. The van der Waals surface area contributed by atoms with Crippen molar-refractivity contribution in [1.29, 1.82) is 0 Å². The molecule has 0 aromatic heterocycles. The van der Waals surface area contributed by atoms with E-state index < -0.39 is 0 Å². The Morgan fingerprint density at radius 3 is 1.86 bits per heavy atom. The Balaban J connectivity index is 3.79. The van der Waals surface area contributed by atoms with Crippen molar-refractivity contribution in [3.8, 4) is 0 Å². The molecule has 42 valence electrons. The molecule has 0 radical (unpaired) electrons. The topological polar surface area (TPSA) is 26.0 Å². The third-order valence-corrected chi connectivity index (χ3v) is 1.32. The second-order valence-corrected chi connectivity index (χ2v) is 2.71. The molecule has 0 heterocycles. The average Bonchev–Trinajstić information content (AvgIpc) is 1.31. The van der Waals surface area contributed by atoms with Crippen LogP contribution in [0.15, 0.2) is 11.5 Å². The monoisotopic (exact) mass is 117 g/mol. The van der Waals surface area contributed by atoms with E-state index >= 15 is 0 Å². The van der Waals surface area contributed by atoms with Crippen LogP contribution in [0.4, 0.5) is 0 Å². The predicted molar refractivity (Wildman–Crippen MR) is 36.4 cm³/mol. The van der Waals surface area contributed by atoms with Gasteiger partial charge < -0.3 is 5.73 Å². The van der Waals surface area contributed by atoms with Crippen molar-refractivity contribution in [3.05, 3.63) is 11.5 Å². The van der Waals surface area contributed by atoms with Crippen molar-refractivity contribution >= 4 is 12.6 Å². The maximum absolute atomic E-state index is 5.50. The Labute approximate surface area is 50.0 Å². The van der Waals surface area contributed by atoms with Crippen LogP contribution in [0.25, 0.3) is 0 Å². The summed E-state index contributed by atoms with van der Waals surface area (Å²) < 4.78 is 0. The Bertz CT molecular complexity index is 80.6. The summed E-state index contributed by atoms with van der Waals surface area (Å²) in [5, 5.41) is 0. The summed E-state index contributed by atoms with van der Waals surface area (Å²) in [4.78, 5) is 0.715. The van der Waals surface area contributed by atoms with Crippen LogP contribution < -0.4 is 5.73 Å². The molecule has 0 fully saturated rings. The molecule has 0 bridgehead atoms. The lowest BCUT2D eigenvalue weighted by Gasteiger charge is -2.16. The molecule has 0 unspecified atom stereocenters. The van der Waals surface area contributed by atoms with Crippen LogP contribution in [0, 0.1) is 0 Å². The van der Waals surface area contributed by atoms with Crippen LogP contribution in [0.1, 0.15) is 13.8 Å². The van der Waals surface area contributed by atoms with E-state index in [2.05, 4.69) is 19.2 Å². The maximum Gasteiger partial charge on any atom is 0.0403 e. The number of nitrogens with two attached hydrogens (primary N) is 1. The summed E-state index contributed by atoms with van der Waals surface area (Å²) in [6.07, 6.45) is 0. The first-order valence-electron chi connectivity index (χ1n) is 2.12. The first-order chi connectivity index (χ1) is 2.94. The van der Waals surface area contributed by atoms with Crippen molar-refractivity contribution in [3.63, 3.8) is 0 Å². The van der Waals surface area contributed by atoms with Gasteiger partial charge in [-0.05, 0) is 18.8 Å². The van der Waals surface area contributed by atoms with Gasteiger partial charge in [-0.3, -0.25) is 0 Å². The molecule has 7 heavy (non-hydrogen) atoms. The Kier molecular flexibility index (Phi) is 1.90. The summed E-state index contributed by atoms with van der Waals surface area (Å²) in [6.45, 7) is 7.29. The van der Waals surface area contributed by atoms with Gasteiger partial charge in [-0.15, -0.1) is 12.6 Å². The fraction of sp³-hybridized carbons (Fsp3) is 0.600. The van der Waals surface area contributed by atoms with Crippen molar-refractivity contribution in [2.24, 2.45) is 5.73 Å². The Hall–Kier alpha value is 0.0500. The molecule has 0 saturated heterocycles. The van der Waals surface area contributed by atoms with E-state index in [0.29, 0.717) is 4.91 Å². The normalized spacial score (nSPS) is 11.4. The van der Waals surface area contributed by atoms with Crippen LogP contribution in [0.5, 0.6) is 0 Å². The molecular weight excluding hydrogens is 106 g/mol. The molecular formula is C5H11NS. The van der Waals surface area contributed by atoms with Crippen LogP contribution in [-0.2, 0) is 0 Å². The molecule has 0 amide bonds. The van der Waals surface area contributed by atoms with Crippen molar-refractivity contribution in [2.45, 2.75) is 19.4 Å². The minimum absolute atomic E-state index is 0.330. The third-order valence-electron chi connectivity index (χ3n) is 0.744. The van der Waals surface area contributed by atoms with Gasteiger partial charge in [0.25, 0.3) is 0 Å². The van der Waals surface area contributed by atoms with Gasteiger partial charge in [0.2, 0.25) is 0 Å². The number of rotatable bonds is 1. The van der Waals surface area contributed by atoms with E-state index in [1.807, 2.05) is 13.8 Å². The fourth-order valence-corrected chi connectivity index (χ4v) is 0. The summed E-state index contributed by atoms with van der Waals surface area (Å²) in [5.74, 6) is 0. The van der Waals surface area contributed by atoms with Gasteiger partial charge in [0.1, 0.15) is 0 Å². The lowest BCUT2D eigenvalue weighted by atomic mass is 10.1. The standard InChI is InChI=1S/C5H11NS/c1-4(7)5(2,3)6/h7H,1,6H2,2-3H3. The molecule has 0 aromatic rings. The van der Waals surface area contributed by atoms with Gasteiger partial charge in [-0.2, -0.15) is 0 Å². The van der Waals surface area contributed by atoms with E-state index in [4.69, 9.17) is 5.73 Å². The van der Waals surface area contributed by atoms with E-state index in [-0.39, 0.29) is 5.54 Å². The van der Waals surface area contributed by atoms with Crippen molar-refractivity contribution in [2.75, 3.05) is 0 Å². The van der Waals surface area contributed by atoms with Gasteiger partial charge in [-0.25, -0.2) is 0 Å². The Morgan fingerprint density at radius 1 is 1.71 bits per heavy atom. The molecule has 0 atom stereocenters. The first-order valence-corrected chi connectivity index (χ1v) is 2.56. The third kappa shape index (κ3) is 2.71. The molecule has 0 saturated carbocycles. The second kappa shape index (κ2) is 1.88. The highest BCUT2D eigenvalue weighted by molar-refractivity contribution is 7.84. The van der Waals surface area contributed by atoms with Gasteiger partial charge in [0.05, 0.1) is 0 Å². The zero-order valence-corrected chi connectivity index (χ0v) is 5.63. The molecule has 0 aliphatic rings. The van der Waals surface area contributed by atoms with Crippen LogP contribution in [-0.4, -0.2) is 5.54 Å². The molecule has 0 aromatic carbocycles. The lowest BCUT2D eigenvalue weighted by molar-refractivity contribution is 0.646. The van der Waals surface area contributed by atoms with Gasteiger partial charge in [-0.1, -0.05) is 6.58 Å². The van der Waals surface area contributed by atoms with Crippen LogP contribution in [0.3, 0.4) is 0 Å². The van der Waals surface area contributed by atoms with Crippen LogP contribution >= 0.6 is 12.6 Å². The fourth-order valence-electron chi connectivity index (χ4n) is 0. The number of thiol groups is 1. The molecule has 0 rings (SSSR count). The largest absolute Gasteiger partial charge is 0.321 e. The SMILES string of the molecule is C=C(S)C(C)(C)N. The van der Waals surface area contributed by atoms with E-state index in [9.17, 15) is 0 Å². The van der Waals surface area contributed by atoms with Gasteiger partial charge >= 0.3 is 0 Å². The van der Waals surface area contributed by atoms with Crippen molar-refractivity contribution < 1.29 is 0 Å². The predicted octanol–water partition coefficient (Wildman–Crippen LogP) is 1.17. The quantitative estimate of drug-likeness (QED) is 0.495. The van der Waals surface area contributed by atoms with E-state index in [1.165, 1.54) is 0 Å². The minimum Gasteiger partial charge on any atom is -0.321 e. The second-order valence-electron chi connectivity index (χ2n) is 2.17. The molecule has 1 nitrogen and oxygen atoms in total. The highest BCUT2D eigenvalue weighted by Crippen LogP contribution is 2.12. The summed E-state index contributed by atoms with van der Waals surface area (Å²) >= 11 is 3.96. The highest BCUT2D eigenvalue weighted by Gasteiger charge is 2.10. The molecule has 2 N–H and O–H groups in total. The van der Waals surface area contributed by atoms with E-state index in [1.54, 1.807) is 0 Å². The summed E-state index contributed by atoms with van der Waals surface area (Å²) in [6, 6.07) is 0.